The van der Waals surface area contributed by atoms with Gasteiger partial charge in [-0.1, -0.05) is 6.92 Å². The lowest BCUT2D eigenvalue weighted by molar-refractivity contribution is 0.659. The summed E-state index contributed by atoms with van der Waals surface area (Å²) in [5, 5.41) is 6.75. The maximum absolute atomic E-state index is 3.93. The smallest absolute Gasteiger partial charge is 0.0749 e. The van der Waals surface area contributed by atoms with Crippen LogP contribution in [0.2, 0.25) is 0 Å². The molecule has 60 valence electrons. The summed E-state index contributed by atoms with van der Waals surface area (Å²) in [5.41, 5.74) is 1.23. The van der Waals surface area contributed by atoms with Crippen molar-refractivity contribution >= 4 is 5.69 Å². The van der Waals surface area contributed by atoms with Crippen molar-refractivity contribution in [3.05, 3.63) is 12.4 Å². The van der Waals surface area contributed by atoms with Crippen LogP contribution in [0.3, 0.4) is 0 Å². The summed E-state index contributed by atoms with van der Waals surface area (Å²) in [6, 6.07) is 0. The van der Waals surface area contributed by atoms with Crippen LogP contribution >= 0.6 is 0 Å². The van der Waals surface area contributed by atoms with Crippen LogP contribution in [-0.4, -0.2) is 23.3 Å². The number of aromatic nitrogens is 2. The molecule has 0 aliphatic carbocycles. The summed E-state index contributed by atoms with van der Waals surface area (Å²) >= 11 is 0. The quantitative estimate of drug-likeness (QED) is 0.655. The highest BCUT2D eigenvalue weighted by Crippen LogP contribution is 2.21. The third-order valence-corrected chi connectivity index (χ3v) is 2.27. The van der Waals surface area contributed by atoms with Gasteiger partial charge in [0.05, 0.1) is 11.9 Å². The average Bonchev–Trinajstić information content (AvgIpc) is 2.55. The minimum atomic E-state index is 0.838. The molecule has 1 atom stereocenters. The van der Waals surface area contributed by atoms with E-state index in [1.807, 2.05) is 12.4 Å². The van der Waals surface area contributed by atoms with E-state index < -0.39 is 0 Å². The van der Waals surface area contributed by atoms with Crippen molar-refractivity contribution in [2.75, 3.05) is 18.0 Å². The van der Waals surface area contributed by atoms with Crippen molar-refractivity contribution in [3.8, 4) is 0 Å². The van der Waals surface area contributed by atoms with Gasteiger partial charge in [0.1, 0.15) is 0 Å². The van der Waals surface area contributed by atoms with Crippen molar-refractivity contribution in [1.29, 1.82) is 0 Å². The van der Waals surface area contributed by atoms with E-state index in [1.54, 1.807) is 0 Å². The molecule has 1 N–H and O–H groups in total. The highest BCUT2D eigenvalue weighted by molar-refractivity contribution is 5.42. The monoisotopic (exact) mass is 151 g/mol. The van der Waals surface area contributed by atoms with Gasteiger partial charge in [-0.25, -0.2) is 0 Å². The molecule has 1 aromatic rings. The molecule has 1 aromatic heterocycles. The minimum absolute atomic E-state index is 0.838. The van der Waals surface area contributed by atoms with Gasteiger partial charge in [0.15, 0.2) is 0 Å². The zero-order valence-corrected chi connectivity index (χ0v) is 6.75. The molecular weight excluding hydrogens is 138 g/mol. The van der Waals surface area contributed by atoms with Crippen LogP contribution in [-0.2, 0) is 0 Å². The van der Waals surface area contributed by atoms with Gasteiger partial charge in [0.2, 0.25) is 0 Å². The van der Waals surface area contributed by atoms with Crippen molar-refractivity contribution in [2.24, 2.45) is 5.92 Å². The van der Waals surface area contributed by atoms with E-state index >= 15 is 0 Å². The second-order valence-electron chi connectivity index (χ2n) is 3.30. The van der Waals surface area contributed by atoms with E-state index in [0.717, 1.165) is 5.92 Å². The van der Waals surface area contributed by atoms with Crippen molar-refractivity contribution in [3.63, 3.8) is 0 Å². The van der Waals surface area contributed by atoms with Crippen molar-refractivity contribution < 1.29 is 0 Å². The lowest BCUT2D eigenvalue weighted by Gasteiger charge is -2.14. The van der Waals surface area contributed by atoms with E-state index in [9.17, 15) is 0 Å². The van der Waals surface area contributed by atoms with Crippen molar-refractivity contribution in [2.45, 2.75) is 13.3 Å². The van der Waals surface area contributed by atoms with Gasteiger partial charge in [-0.3, -0.25) is 5.10 Å². The molecule has 0 saturated carbocycles. The molecule has 0 amide bonds. The van der Waals surface area contributed by atoms with Gasteiger partial charge >= 0.3 is 0 Å². The lowest BCUT2D eigenvalue weighted by atomic mass is 10.2. The Balaban J connectivity index is 2.08. The van der Waals surface area contributed by atoms with Gasteiger partial charge in [-0.2, -0.15) is 5.10 Å². The molecule has 0 spiro atoms. The Morgan fingerprint density at radius 3 is 3.18 bits per heavy atom. The van der Waals surface area contributed by atoms with E-state index in [2.05, 4.69) is 22.0 Å². The summed E-state index contributed by atoms with van der Waals surface area (Å²) in [4.78, 5) is 2.37. The Labute approximate surface area is 66.4 Å². The first-order valence-electron chi connectivity index (χ1n) is 4.10. The van der Waals surface area contributed by atoms with Gasteiger partial charge in [-0.15, -0.1) is 0 Å². The predicted molar refractivity (Wildman–Crippen MR) is 44.6 cm³/mol. The Kier molecular flexibility index (Phi) is 1.56. The molecule has 0 aromatic carbocycles. The fourth-order valence-corrected chi connectivity index (χ4v) is 1.59. The molecule has 2 heterocycles. The zero-order chi connectivity index (χ0) is 7.68. The number of aromatic amines is 1. The first kappa shape index (κ1) is 6.70. The Hall–Kier alpha value is -0.990. The van der Waals surface area contributed by atoms with E-state index in [0.29, 0.717) is 0 Å². The molecule has 0 radical (unpaired) electrons. The maximum atomic E-state index is 3.93. The molecule has 1 aliphatic heterocycles. The standard InChI is InChI=1S/C8H13N3/c1-7-2-3-11(6-7)8-4-9-10-5-8/h4-5,7H,2-3,6H2,1H3,(H,9,10)/t7-/m1/s1. The molecule has 2 rings (SSSR count). The number of hydrogen-bond donors (Lipinski definition) is 1. The van der Waals surface area contributed by atoms with E-state index in [4.69, 9.17) is 0 Å². The number of hydrogen-bond acceptors (Lipinski definition) is 2. The zero-order valence-electron chi connectivity index (χ0n) is 6.75. The van der Waals surface area contributed by atoms with Gasteiger partial charge in [0.25, 0.3) is 0 Å². The van der Waals surface area contributed by atoms with Crippen LogP contribution in [0.25, 0.3) is 0 Å². The number of anilines is 1. The largest absolute Gasteiger partial charge is 0.369 e. The Bertz CT molecular complexity index is 217. The first-order chi connectivity index (χ1) is 5.36. The number of H-pyrrole nitrogens is 1. The molecule has 0 bridgehead atoms. The summed E-state index contributed by atoms with van der Waals surface area (Å²) < 4.78 is 0. The molecule has 1 aliphatic rings. The first-order valence-corrected chi connectivity index (χ1v) is 4.10. The third kappa shape index (κ3) is 1.23. The van der Waals surface area contributed by atoms with Crippen LogP contribution in [0, 0.1) is 5.92 Å². The van der Waals surface area contributed by atoms with Crippen molar-refractivity contribution in [1.82, 2.24) is 10.2 Å². The van der Waals surface area contributed by atoms with Crippen LogP contribution < -0.4 is 4.90 Å². The summed E-state index contributed by atoms with van der Waals surface area (Å²) in [7, 11) is 0. The molecule has 1 fully saturated rings. The summed E-state index contributed by atoms with van der Waals surface area (Å²) in [6.45, 7) is 4.65. The normalized spacial score (nSPS) is 24.5. The Morgan fingerprint density at radius 2 is 2.64 bits per heavy atom. The highest BCUT2D eigenvalue weighted by Gasteiger charge is 2.18. The molecule has 0 unspecified atom stereocenters. The predicted octanol–water partition coefficient (Wildman–Crippen LogP) is 1.26. The van der Waals surface area contributed by atoms with Gasteiger partial charge in [0, 0.05) is 19.3 Å². The fraction of sp³-hybridized carbons (Fsp3) is 0.625. The SMILES string of the molecule is C[C@@H]1CCN(c2cn[nH]c2)C1. The third-order valence-electron chi connectivity index (χ3n) is 2.27. The van der Waals surface area contributed by atoms with Crippen LogP contribution in [0.4, 0.5) is 5.69 Å². The lowest BCUT2D eigenvalue weighted by Crippen LogP contribution is -2.18. The highest BCUT2D eigenvalue weighted by atomic mass is 15.2. The second-order valence-corrected chi connectivity index (χ2v) is 3.30. The summed E-state index contributed by atoms with van der Waals surface area (Å²) in [6.07, 6.45) is 5.15. The number of rotatable bonds is 1. The number of nitrogens with zero attached hydrogens (tertiary/aromatic N) is 2. The topological polar surface area (TPSA) is 31.9 Å². The van der Waals surface area contributed by atoms with Crippen LogP contribution in [0.5, 0.6) is 0 Å². The fourth-order valence-electron chi connectivity index (χ4n) is 1.59. The molecule has 3 nitrogen and oxygen atoms in total. The second kappa shape index (κ2) is 2.57. The average molecular weight is 151 g/mol. The van der Waals surface area contributed by atoms with E-state index in [1.165, 1.54) is 25.2 Å². The minimum Gasteiger partial charge on any atom is -0.369 e. The molecular formula is C8H13N3. The molecule has 11 heavy (non-hydrogen) atoms. The molecule has 3 heteroatoms. The van der Waals surface area contributed by atoms with Crippen LogP contribution in [0.15, 0.2) is 12.4 Å². The Morgan fingerprint density at radius 1 is 1.73 bits per heavy atom. The molecule has 1 saturated heterocycles. The van der Waals surface area contributed by atoms with Gasteiger partial charge in [-0.05, 0) is 12.3 Å². The number of nitrogens with one attached hydrogen (secondary N) is 1. The maximum Gasteiger partial charge on any atom is 0.0749 e. The summed E-state index contributed by atoms with van der Waals surface area (Å²) in [5.74, 6) is 0.838. The van der Waals surface area contributed by atoms with Crippen LogP contribution in [0.1, 0.15) is 13.3 Å². The van der Waals surface area contributed by atoms with E-state index in [-0.39, 0.29) is 0 Å². The van der Waals surface area contributed by atoms with Gasteiger partial charge < -0.3 is 4.90 Å².